The second kappa shape index (κ2) is 6.31. The molecule has 0 aliphatic carbocycles. The van der Waals surface area contributed by atoms with E-state index >= 15 is 0 Å². The van der Waals surface area contributed by atoms with Crippen molar-refractivity contribution in [1.82, 2.24) is 4.98 Å². The Hall–Kier alpha value is -1.21. The Morgan fingerprint density at radius 3 is 2.27 bits per heavy atom. The highest BCUT2D eigenvalue weighted by Gasteiger charge is 2.14. The molecular formula is C8H14FN3O2S. The Bertz CT molecular complexity index is 300. The van der Waals surface area contributed by atoms with Crippen molar-refractivity contribution in [2.45, 2.75) is 19.9 Å². The quantitative estimate of drug-likeness (QED) is 0.707. The van der Waals surface area contributed by atoms with Gasteiger partial charge in [0.05, 0.1) is 6.20 Å². The molecule has 7 heteroatoms. The molecule has 86 valence electrons. The van der Waals surface area contributed by atoms with Crippen LogP contribution in [-0.2, 0) is 4.79 Å². The minimum Gasteiger partial charge on any atom is -0.480 e. The van der Waals surface area contributed by atoms with Crippen LogP contribution in [0.4, 0.5) is 9.52 Å². The zero-order valence-corrected chi connectivity index (χ0v) is 9.29. The molecule has 1 aromatic rings. The zero-order chi connectivity index (χ0) is 12.0. The van der Waals surface area contributed by atoms with Gasteiger partial charge in [-0.2, -0.15) is 4.39 Å². The Morgan fingerprint density at radius 1 is 1.67 bits per heavy atom. The molecule has 5 nitrogen and oxygen atoms in total. The van der Waals surface area contributed by atoms with Gasteiger partial charge in [0.15, 0.2) is 10.3 Å². The molecule has 1 aromatic heterocycles. The molecular weight excluding hydrogens is 221 g/mol. The lowest BCUT2D eigenvalue weighted by Gasteiger charge is -2.07. The first-order chi connectivity index (χ1) is 6.84. The summed E-state index contributed by atoms with van der Waals surface area (Å²) in [6, 6.07) is -0.713. The number of aliphatic carboxylic acids is 1. The van der Waals surface area contributed by atoms with Crippen molar-refractivity contribution >= 4 is 22.4 Å². The number of carboxylic acid groups (broad SMARTS) is 1. The van der Waals surface area contributed by atoms with Crippen molar-refractivity contribution < 1.29 is 14.3 Å². The fraction of sp³-hybridized carbons (Fsp3) is 0.500. The van der Waals surface area contributed by atoms with Crippen LogP contribution in [-0.4, -0.2) is 22.1 Å². The number of anilines is 1. The van der Waals surface area contributed by atoms with Gasteiger partial charge in [-0.25, -0.2) is 4.98 Å². The fourth-order valence-corrected chi connectivity index (χ4v) is 0.963. The van der Waals surface area contributed by atoms with Gasteiger partial charge in [-0.15, -0.1) is 0 Å². The van der Waals surface area contributed by atoms with Gasteiger partial charge in [0, 0.05) is 0 Å². The van der Waals surface area contributed by atoms with E-state index in [4.69, 9.17) is 16.6 Å². The van der Waals surface area contributed by atoms with E-state index in [-0.39, 0.29) is 16.2 Å². The molecule has 0 amide bonds. The first-order valence-electron chi connectivity index (χ1n) is 4.19. The van der Waals surface area contributed by atoms with Crippen LogP contribution in [0.15, 0.2) is 6.20 Å². The van der Waals surface area contributed by atoms with Crippen LogP contribution >= 0.6 is 11.3 Å². The topological polar surface area (TPSA) is 102 Å². The number of hydrogen-bond donors (Lipinski definition) is 3. The molecule has 15 heavy (non-hydrogen) atoms. The van der Waals surface area contributed by atoms with Crippen molar-refractivity contribution in [3.05, 3.63) is 11.3 Å². The lowest BCUT2D eigenvalue weighted by Crippen LogP contribution is -2.34. The van der Waals surface area contributed by atoms with E-state index in [1.807, 2.05) is 0 Å². The van der Waals surface area contributed by atoms with Gasteiger partial charge in [-0.1, -0.05) is 25.2 Å². The maximum absolute atomic E-state index is 11.8. The first-order valence-corrected chi connectivity index (χ1v) is 5.01. The van der Waals surface area contributed by atoms with E-state index in [0.29, 0.717) is 0 Å². The summed E-state index contributed by atoms with van der Waals surface area (Å²) >= 11 is 0.843. The number of hydrogen-bond acceptors (Lipinski definition) is 5. The van der Waals surface area contributed by atoms with Crippen LogP contribution in [0, 0.1) is 11.0 Å². The summed E-state index contributed by atoms with van der Waals surface area (Å²) in [7, 11) is 0. The van der Waals surface area contributed by atoms with Gasteiger partial charge in [-0.05, 0) is 5.92 Å². The first kappa shape index (κ1) is 13.8. The smallest absolute Gasteiger partial charge is 0.320 e. The highest BCUT2D eigenvalue weighted by molar-refractivity contribution is 7.13. The van der Waals surface area contributed by atoms with E-state index < -0.39 is 12.0 Å². The minimum atomic E-state index is -0.931. The molecule has 1 rings (SSSR count). The molecule has 0 aliphatic heterocycles. The average molecular weight is 235 g/mol. The maximum atomic E-state index is 11.8. The molecule has 0 saturated carbocycles. The average Bonchev–Trinajstić information content (AvgIpc) is 2.49. The Morgan fingerprint density at radius 2 is 2.20 bits per heavy atom. The van der Waals surface area contributed by atoms with Crippen molar-refractivity contribution in [2.75, 3.05) is 5.73 Å². The number of thiazole rings is 1. The standard InChI is InChI=1S/C5H11NO2.C3H3FN2S/c1-3(2)4(6)5(7)8;4-2-1-6-3(5)7-2/h3-4H,6H2,1-2H3,(H,7,8);1H,(H2,5,6)/t4-;/m0./s1. The van der Waals surface area contributed by atoms with Gasteiger partial charge in [-0.3, -0.25) is 4.79 Å². The molecule has 0 saturated heterocycles. The van der Waals surface area contributed by atoms with E-state index in [0.717, 1.165) is 17.5 Å². The molecule has 0 aliphatic rings. The Labute approximate surface area is 90.9 Å². The monoisotopic (exact) mass is 235 g/mol. The highest BCUT2D eigenvalue weighted by atomic mass is 32.1. The summed E-state index contributed by atoms with van der Waals surface area (Å²) in [4.78, 5) is 13.5. The van der Waals surface area contributed by atoms with Crippen LogP contribution in [0.3, 0.4) is 0 Å². The van der Waals surface area contributed by atoms with Crippen LogP contribution in [0.5, 0.6) is 0 Å². The molecule has 0 unspecified atom stereocenters. The number of carboxylic acids is 1. The van der Waals surface area contributed by atoms with Gasteiger partial charge in [0.25, 0.3) is 0 Å². The van der Waals surface area contributed by atoms with Crippen LogP contribution in [0.25, 0.3) is 0 Å². The van der Waals surface area contributed by atoms with E-state index in [1.165, 1.54) is 0 Å². The summed E-state index contributed by atoms with van der Waals surface area (Å²) in [5, 5.41) is 8.17. The summed E-state index contributed by atoms with van der Waals surface area (Å²) in [5.74, 6) is -0.910. The predicted molar refractivity (Wildman–Crippen MR) is 56.9 cm³/mol. The minimum absolute atomic E-state index is 0.0208. The Kier molecular flexibility index (Phi) is 5.80. The second-order valence-electron chi connectivity index (χ2n) is 3.11. The number of nitrogens with zero attached hydrogens (tertiary/aromatic N) is 1. The number of nitrogens with two attached hydrogens (primary N) is 2. The van der Waals surface area contributed by atoms with Gasteiger partial charge >= 0.3 is 5.97 Å². The number of halogens is 1. The molecule has 0 fully saturated rings. The lowest BCUT2D eigenvalue weighted by atomic mass is 10.1. The maximum Gasteiger partial charge on any atom is 0.320 e. The van der Waals surface area contributed by atoms with Gasteiger partial charge in [0.2, 0.25) is 0 Å². The number of rotatable bonds is 2. The molecule has 1 atom stereocenters. The predicted octanol–water partition coefficient (Wildman–Crippen LogP) is 0.919. The molecule has 0 radical (unpaired) electrons. The number of carbonyl (C=O) groups is 1. The van der Waals surface area contributed by atoms with Crippen molar-refractivity contribution in [3.63, 3.8) is 0 Å². The zero-order valence-electron chi connectivity index (χ0n) is 8.48. The molecule has 1 heterocycles. The largest absolute Gasteiger partial charge is 0.480 e. The second-order valence-corrected chi connectivity index (χ2v) is 4.12. The van der Waals surface area contributed by atoms with Crippen molar-refractivity contribution in [2.24, 2.45) is 11.7 Å². The lowest BCUT2D eigenvalue weighted by molar-refractivity contribution is -0.139. The van der Waals surface area contributed by atoms with Gasteiger partial charge in [0.1, 0.15) is 6.04 Å². The molecule has 0 bridgehead atoms. The number of aromatic nitrogens is 1. The third-order valence-corrected chi connectivity index (χ3v) is 2.11. The Balaban J connectivity index is 0.000000262. The summed E-state index contributed by atoms with van der Waals surface area (Å²) in [6.07, 6.45) is 1.10. The van der Waals surface area contributed by atoms with Gasteiger partial charge < -0.3 is 16.6 Å². The summed E-state index contributed by atoms with van der Waals surface area (Å²) < 4.78 is 11.8. The van der Waals surface area contributed by atoms with Crippen molar-refractivity contribution in [1.29, 1.82) is 0 Å². The normalized spacial score (nSPS) is 11.8. The fourth-order valence-electron chi connectivity index (χ4n) is 0.552. The van der Waals surface area contributed by atoms with Crippen LogP contribution in [0.1, 0.15) is 13.8 Å². The third kappa shape index (κ3) is 5.97. The van der Waals surface area contributed by atoms with Crippen LogP contribution < -0.4 is 11.5 Å². The van der Waals surface area contributed by atoms with Crippen LogP contribution in [0.2, 0.25) is 0 Å². The molecule has 5 N–H and O–H groups in total. The summed E-state index contributed by atoms with van der Waals surface area (Å²) in [5.41, 5.74) is 10.2. The van der Waals surface area contributed by atoms with E-state index in [2.05, 4.69) is 4.98 Å². The number of nitrogen functional groups attached to an aromatic ring is 1. The SMILES string of the molecule is CC(C)[C@H](N)C(=O)O.Nc1ncc(F)s1. The van der Waals surface area contributed by atoms with E-state index in [1.54, 1.807) is 13.8 Å². The molecule has 0 spiro atoms. The highest BCUT2D eigenvalue weighted by Crippen LogP contribution is 2.10. The molecule has 0 aromatic carbocycles. The summed E-state index contributed by atoms with van der Waals surface area (Å²) in [6.45, 7) is 3.55. The van der Waals surface area contributed by atoms with Crippen molar-refractivity contribution in [3.8, 4) is 0 Å². The van der Waals surface area contributed by atoms with E-state index in [9.17, 15) is 9.18 Å². The third-order valence-electron chi connectivity index (χ3n) is 1.50.